The summed E-state index contributed by atoms with van der Waals surface area (Å²) in [6.07, 6.45) is 22.4. The molecule has 0 fully saturated rings. The zero-order valence-corrected chi connectivity index (χ0v) is 21.1. The minimum absolute atomic E-state index is 0.417. The van der Waals surface area contributed by atoms with Crippen LogP contribution >= 0.6 is 0 Å². The molecule has 0 bridgehead atoms. The Morgan fingerprint density at radius 2 is 1.94 bits per heavy atom. The van der Waals surface area contributed by atoms with Crippen LogP contribution in [0.4, 0.5) is 0 Å². The van der Waals surface area contributed by atoms with E-state index in [1.54, 1.807) is 22.7 Å². The highest BCUT2D eigenvalue weighted by Gasteiger charge is 2.29. The normalized spacial score (nSPS) is 18.4. The second-order valence-corrected chi connectivity index (χ2v) is 9.95. The van der Waals surface area contributed by atoms with Crippen LogP contribution in [0.25, 0.3) is 11.6 Å². The Bertz CT molecular complexity index is 1030. The molecular weight excluding hydrogens is 397 g/mol. The van der Waals surface area contributed by atoms with Crippen LogP contribution in [0.1, 0.15) is 81.9 Å². The summed E-state index contributed by atoms with van der Waals surface area (Å²) in [5.74, 6) is 0.417. The Hall–Kier alpha value is -2.61. The average molecular weight is 437 g/mol. The van der Waals surface area contributed by atoms with Crippen LogP contribution in [0.5, 0.6) is 0 Å². The fraction of sp³-hybridized carbons (Fsp3) is 0.387. The van der Waals surface area contributed by atoms with Crippen molar-refractivity contribution in [1.82, 2.24) is 0 Å². The van der Waals surface area contributed by atoms with Gasteiger partial charge < -0.3 is 5.41 Å². The van der Waals surface area contributed by atoms with Crippen LogP contribution in [0.3, 0.4) is 0 Å². The monoisotopic (exact) mass is 437 g/mol. The van der Waals surface area contributed by atoms with Crippen molar-refractivity contribution in [2.24, 2.45) is 0 Å². The van der Waals surface area contributed by atoms with Crippen molar-refractivity contribution in [3.63, 3.8) is 0 Å². The summed E-state index contributed by atoms with van der Waals surface area (Å²) >= 11 is 0. The van der Waals surface area contributed by atoms with Gasteiger partial charge in [-0.3, -0.25) is 0 Å². The van der Waals surface area contributed by atoms with Crippen molar-refractivity contribution >= 4 is 24.6 Å². The summed E-state index contributed by atoms with van der Waals surface area (Å²) in [7, 11) is 0. The molecule has 1 aliphatic heterocycles. The third-order valence-corrected chi connectivity index (χ3v) is 7.29. The standard InChI is InChI=1S/C31H40BN/c1-23(2)28-19-26(15-9-7-11-18-33)20-29(21-28)30(31-25(4)14-12-17-32(31)5)22-27-16-10-6-8-13-24(27)3/h7-9,11,13,15,18-21,30,33H,1,6,10,12,14,16-17,22H2,2-5H3/b11-7-,15-9+,33-18?. The fourth-order valence-corrected chi connectivity index (χ4v) is 5.47. The van der Waals surface area contributed by atoms with E-state index in [9.17, 15) is 0 Å². The zero-order chi connectivity index (χ0) is 23.8. The number of hydrogen-bond acceptors (Lipinski definition) is 1. The number of rotatable bonds is 8. The predicted molar refractivity (Wildman–Crippen MR) is 150 cm³/mol. The minimum Gasteiger partial charge on any atom is -0.309 e. The molecule has 0 spiro atoms. The highest BCUT2D eigenvalue weighted by Crippen LogP contribution is 2.42. The molecule has 1 aliphatic carbocycles. The third-order valence-electron chi connectivity index (χ3n) is 7.29. The molecular formula is C31H40BN. The molecule has 1 heterocycles. The van der Waals surface area contributed by atoms with Gasteiger partial charge in [-0.05, 0) is 81.7 Å². The van der Waals surface area contributed by atoms with E-state index in [-0.39, 0.29) is 0 Å². The van der Waals surface area contributed by atoms with Gasteiger partial charge in [0.2, 0.25) is 0 Å². The van der Waals surface area contributed by atoms with Gasteiger partial charge in [0.05, 0.1) is 0 Å². The van der Waals surface area contributed by atoms with Crippen molar-refractivity contribution in [1.29, 1.82) is 5.41 Å². The number of nitrogens with one attached hydrogen (secondary N) is 1. The fourth-order valence-electron chi connectivity index (χ4n) is 5.47. The topological polar surface area (TPSA) is 23.9 Å². The third kappa shape index (κ3) is 6.70. The molecule has 0 amide bonds. The van der Waals surface area contributed by atoms with Gasteiger partial charge in [-0.15, -0.1) is 0 Å². The zero-order valence-electron chi connectivity index (χ0n) is 21.1. The first-order valence-electron chi connectivity index (χ1n) is 12.6. The highest BCUT2D eigenvalue weighted by molar-refractivity contribution is 6.66. The van der Waals surface area contributed by atoms with Crippen LogP contribution < -0.4 is 0 Å². The van der Waals surface area contributed by atoms with Gasteiger partial charge in [-0.25, -0.2) is 0 Å². The van der Waals surface area contributed by atoms with E-state index in [4.69, 9.17) is 5.41 Å². The lowest BCUT2D eigenvalue weighted by Gasteiger charge is -2.32. The molecule has 0 saturated carbocycles. The van der Waals surface area contributed by atoms with Gasteiger partial charge in [-0.2, -0.15) is 0 Å². The van der Waals surface area contributed by atoms with Gasteiger partial charge in [0.1, 0.15) is 0 Å². The maximum atomic E-state index is 7.20. The summed E-state index contributed by atoms with van der Waals surface area (Å²) in [5.41, 5.74) is 11.3. The SMILES string of the molecule is C=C(C)c1cc(/C=C/C=C\C=N)cc(C(CC2=C(C)C=CCCC2)C2=C(C)CCCB2C)c1. The molecule has 1 atom stereocenters. The molecule has 1 aromatic carbocycles. The minimum atomic E-state index is 0.417. The van der Waals surface area contributed by atoms with Crippen LogP contribution in [-0.2, 0) is 0 Å². The van der Waals surface area contributed by atoms with Crippen molar-refractivity contribution < 1.29 is 0 Å². The van der Waals surface area contributed by atoms with Crippen molar-refractivity contribution in [3.8, 4) is 0 Å². The number of hydrogen-bond donors (Lipinski definition) is 1. The van der Waals surface area contributed by atoms with E-state index in [1.807, 2.05) is 12.2 Å². The molecule has 2 aliphatic rings. The first kappa shape index (κ1) is 25.0. The summed E-state index contributed by atoms with van der Waals surface area (Å²) < 4.78 is 0. The lowest BCUT2D eigenvalue weighted by atomic mass is 9.37. The second-order valence-electron chi connectivity index (χ2n) is 9.95. The maximum Gasteiger partial charge on any atom is 0.168 e. The lowest BCUT2D eigenvalue weighted by molar-refractivity contribution is 0.713. The van der Waals surface area contributed by atoms with E-state index >= 15 is 0 Å². The van der Waals surface area contributed by atoms with E-state index in [2.05, 4.69) is 70.6 Å². The molecule has 0 aromatic heterocycles. The molecule has 1 nitrogen and oxygen atoms in total. The van der Waals surface area contributed by atoms with Crippen LogP contribution in [-0.4, -0.2) is 12.9 Å². The largest absolute Gasteiger partial charge is 0.309 e. The number of benzene rings is 1. The first-order valence-corrected chi connectivity index (χ1v) is 12.6. The van der Waals surface area contributed by atoms with Crippen LogP contribution in [0.2, 0.25) is 13.1 Å². The van der Waals surface area contributed by atoms with Crippen LogP contribution in [0.15, 0.2) is 77.3 Å². The van der Waals surface area contributed by atoms with Gasteiger partial charge in [0, 0.05) is 12.1 Å². The maximum absolute atomic E-state index is 7.20. The Balaban J connectivity index is 2.13. The number of allylic oxidation sites excluding steroid dienone is 10. The van der Waals surface area contributed by atoms with E-state index in [0.717, 1.165) is 12.0 Å². The summed E-state index contributed by atoms with van der Waals surface area (Å²) in [5, 5.41) is 7.20. The van der Waals surface area contributed by atoms with Crippen molar-refractivity contribution in [2.45, 2.75) is 78.4 Å². The van der Waals surface area contributed by atoms with E-state index < -0.39 is 0 Å². The van der Waals surface area contributed by atoms with Crippen LogP contribution in [0, 0.1) is 5.41 Å². The smallest absolute Gasteiger partial charge is 0.168 e. The van der Waals surface area contributed by atoms with Crippen molar-refractivity contribution in [3.05, 3.63) is 94.0 Å². The lowest BCUT2D eigenvalue weighted by Crippen LogP contribution is -2.24. The van der Waals surface area contributed by atoms with Gasteiger partial charge in [0.25, 0.3) is 0 Å². The van der Waals surface area contributed by atoms with Gasteiger partial charge in [0.15, 0.2) is 6.71 Å². The predicted octanol–water partition coefficient (Wildman–Crippen LogP) is 9.24. The Labute approximate surface area is 202 Å². The molecule has 0 radical (unpaired) electrons. The van der Waals surface area contributed by atoms with Gasteiger partial charge in [-0.1, -0.05) is 96.4 Å². The molecule has 1 unspecified atom stereocenters. The molecule has 0 saturated heterocycles. The quantitative estimate of drug-likeness (QED) is 0.238. The molecule has 33 heavy (non-hydrogen) atoms. The average Bonchev–Trinajstić information content (AvgIpc) is 2.99. The first-order chi connectivity index (χ1) is 15.9. The molecule has 3 rings (SSSR count). The summed E-state index contributed by atoms with van der Waals surface area (Å²) in [6, 6.07) is 7.01. The summed E-state index contributed by atoms with van der Waals surface area (Å²) in [4.78, 5) is 0. The Morgan fingerprint density at radius 3 is 2.67 bits per heavy atom. The Morgan fingerprint density at radius 1 is 1.12 bits per heavy atom. The molecule has 1 N–H and O–H groups in total. The van der Waals surface area contributed by atoms with E-state index in [0.29, 0.717) is 12.6 Å². The van der Waals surface area contributed by atoms with Gasteiger partial charge >= 0.3 is 0 Å². The van der Waals surface area contributed by atoms with E-state index in [1.165, 1.54) is 66.9 Å². The highest BCUT2D eigenvalue weighted by atomic mass is 14.3. The second kappa shape index (κ2) is 12.0. The summed E-state index contributed by atoms with van der Waals surface area (Å²) in [6.45, 7) is 14.1. The van der Waals surface area contributed by atoms with Crippen molar-refractivity contribution in [2.75, 3.05) is 0 Å². The Kier molecular flexibility index (Phi) is 9.12. The molecule has 1 aromatic rings. The molecule has 2 heteroatoms. The molecule has 172 valence electrons.